The van der Waals surface area contributed by atoms with Crippen molar-refractivity contribution in [3.05, 3.63) is 89.0 Å². The second kappa shape index (κ2) is 11.2. The molecule has 0 spiro atoms. The molecular formula is C25H23N3O4. The van der Waals surface area contributed by atoms with Crippen LogP contribution in [0.4, 0.5) is 0 Å². The summed E-state index contributed by atoms with van der Waals surface area (Å²) in [5.74, 6) is 1.48. The van der Waals surface area contributed by atoms with Gasteiger partial charge in [0.1, 0.15) is 12.4 Å². The zero-order valence-electron chi connectivity index (χ0n) is 17.9. The van der Waals surface area contributed by atoms with E-state index in [4.69, 9.17) is 19.5 Å². The molecule has 3 aromatic carbocycles. The molecule has 1 amide bonds. The third kappa shape index (κ3) is 6.09. The first kappa shape index (κ1) is 22.4. The monoisotopic (exact) mass is 429 g/mol. The van der Waals surface area contributed by atoms with Crippen molar-refractivity contribution < 1.29 is 19.0 Å². The molecule has 32 heavy (non-hydrogen) atoms. The number of carbonyl (C=O) groups is 1. The standard InChI is InChI=1S/C25H23N3O4/c1-3-31-22-10-8-21(9-11-22)25(29)28-27-16-19-7-12-23(24(14-19)30-2)32-17-20-6-4-5-18(13-20)15-26/h4-14,16H,3,17H2,1-2H3,(H,28,29)/b27-16+. The smallest absolute Gasteiger partial charge is 0.271 e. The lowest BCUT2D eigenvalue weighted by molar-refractivity contribution is 0.0955. The van der Waals surface area contributed by atoms with Gasteiger partial charge in [0.2, 0.25) is 0 Å². The Morgan fingerprint density at radius 1 is 1.06 bits per heavy atom. The average Bonchev–Trinajstić information content (AvgIpc) is 2.83. The number of hydrogen-bond donors (Lipinski definition) is 1. The topological polar surface area (TPSA) is 92.9 Å². The molecule has 0 heterocycles. The van der Waals surface area contributed by atoms with Gasteiger partial charge in [0.05, 0.1) is 31.6 Å². The van der Waals surface area contributed by atoms with E-state index in [9.17, 15) is 4.79 Å². The van der Waals surface area contributed by atoms with E-state index in [2.05, 4.69) is 16.6 Å². The number of methoxy groups -OCH3 is 1. The van der Waals surface area contributed by atoms with Gasteiger partial charge in [-0.15, -0.1) is 0 Å². The SMILES string of the molecule is CCOc1ccc(C(=O)N/N=C/c2ccc(OCc3cccc(C#N)c3)c(OC)c2)cc1. The molecule has 0 saturated carbocycles. The number of benzene rings is 3. The van der Waals surface area contributed by atoms with Crippen molar-refractivity contribution in [2.75, 3.05) is 13.7 Å². The third-order valence-electron chi connectivity index (χ3n) is 4.45. The van der Waals surface area contributed by atoms with Crippen molar-refractivity contribution in [3.8, 4) is 23.3 Å². The Hall–Kier alpha value is -4.31. The quantitative estimate of drug-likeness (QED) is 0.404. The molecule has 0 unspecified atom stereocenters. The van der Waals surface area contributed by atoms with Crippen LogP contribution in [0, 0.1) is 11.3 Å². The average molecular weight is 429 g/mol. The normalized spacial score (nSPS) is 10.4. The Morgan fingerprint density at radius 2 is 1.88 bits per heavy atom. The minimum Gasteiger partial charge on any atom is -0.494 e. The highest BCUT2D eigenvalue weighted by Crippen LogP contribution is 2.28. The van der Waals surface area contributed by atoms with E-state index in [1.165, 1.54) is 6.21 Å². The highest BCUT2D eigenvalue weighted by atomic mass is 16.5. The van der Waals surface area contributed by atoms with Gasteiger partial charge in [0.25, 0.3) is 5.91 Å². The summed E-state index contributed by atoms with van der Waals surface area (Å²) in [6.45, 7) is 2.77. The molecule has 7 heteroatoms. The Morgan fingerprint density at radius 3 is 2.59 bits per heavy atom. The van der Waals surface area contributed by atoms with E-state index >= 15 is 0 Å². The molecular weight excluding hydrogens is 406 g/mol. The zero-order valence-corrected chi connectivity index (χ0v) is 17.9. The fraction of sp³-hybridized carbons (Fsp3) is 0.160. The van der Waals surface area contributed by atoms with Gasteiger partial charge in [-0.25, -0.2) is 5.43 Å². The molecule has 7 nitrogen and oxygen atoms in total. The molecule has 0 atom stereocenters. The molecule has 0 aliphatic rings. The largest absolute Gasteiger partial charge is 0.494 e. The molecule has 0 fully saturated rings. The van der Waals surface area contributed by atoms with Crippen molar-refractivity contribution >= 4 is 12.1 Å². The van der Waals surface area contributed by atoms with Gasteiger partial charge in [-0.05, 0) is 72.6 Å². The second-order valence-electron chi connectivity index (χ2n) is 6.67. The molecule has 0 radical (unpaired) electrons. The number of nitrogens with zero attached hydrogens (tertiary/aromatic N) is 2. The number of nitriles is 1. The molecule has 0 saturated heterocycles. The summed E-state index contributed by atoms with van der Waals surface area (Å²) in [5, 5.41) is 13.0. The van der Waals surface area contributed by atoms with Crippen molar-refractivity contribution in [2.24, 2.45) is 5.10 Å². The molecule has 3 aromatic rings. The molecule has 0 bridgehead atoms. The predicted octanol–water partition coefficient (Wildman–Crippen LogP) is 4.31. The summed E-state index contributed by atoms with van der Waals surface area (Å²) >= 11 is 0. The van der Waals surface area contributed by atoms with Crippen LogP contribution in [0.1, 0.15) is 34.0 Å². The van der Waals surface area contributed by atoms with Gasteiger partial charge in [-0.1, -0.05) is 12.1 Å². The first-order valence-corrected chi connectivity index (χ1v) is 9.99. The molecule has 162 valence electrons. The Bertz CT molecular complexity index is 1130. The van der Waals surface area contributed by atoms with Crippen LogP contribution in [0.25, 0.3) is 0 Å². The summed E-state index contributed by atoms with van der Waals surface area (Å²) < 4.78 is 16.6. The number of ether oxygens (including phenoxy) is 3. The van der Waals surface area contributed by atoms with E-state index in [0.717, 1.165) is 11.1 Å². The van der Waals surface area contributed by atoms with Crippen LogP contribution in [0.3, 0.4) is 0 Å². The number of nitrogens with one attached hydrogen (secondary N) is 1. The van der Waals surface area contributed by atoms with Gasteiger partial charge in [0, 0.05) is 5.56 Å². The van der Waals surface area contributed by atoms with E-state index in [1.54, 1.807) is 61.7 Å². The fourth-order valence-corrected chi connectivity index (χ4v) is 2.87. The summed E-state index contributed by atoms with van der Waals surface area (Å²) in [6.07, 6.45) is 1.52. The van der Waals surface area contributed by atoms with Crippen molar-refractivity contribution in [3.63, 3.8) is 0 Å². The van der Waals surface area contributed by atoms with E-state index in [0.29, 0.717) is 41.6 Å². The summed E-state index contributed by atoms with van der Waals surface area (Å²) in [7, 11) is 1.55. The summed E-state index contributed by atoms with van der Waals surface area (Å²) in [5.41, 5.74) is 5.17. The van der Waals surface area contributed by atoms with Crippen molar-refractivity contribution in [1.29, 1.82) is 5.26 Å². The van der Waals surface area contributed by atoms with Crippen LogP contribution in [-0.2, 0) is 6.61 Å². The first-order chi connectivity index (χ1) is 15.6. The molecule has 0 aromatic heterocycles. The maximum Gasteiger partial charge on any atom is 0.271 e. The molecule has 0 aliphatic heterocycles. The number of amides is 1. The van der Waals surface area contributed by atoms with Gasteiger partial charge in [-0.2, -0.15) is 10.4 Å². The Labute approximate surface area is 186 Å². The van der Waals surface area contributed by atoms with Gasteiger partial charge in [0.15, 0.2) is 11.5 Å². The minimum absolute atomic E-state index is 0.303. The fourth-order valence-electron chi connectivity index (χ4n) is 2.87. The van der Waals surface area contributed by atoms with E-state index in [1.807, 2.05) is 19.1 Å². The Kier molecular flexibility index (Phi) is 7.82. The summed E-state index contributed by atoms with van der Waals surface area (Å²) in [4.78, 5) is 12.2. The van der Waals surface area contributed by atoms with Crippen LogP contribution in [0.5, 0.6) is 17.2 Å². The molecule has 3 rings (SSSR count). The first-order valence-electron chi connectivity index (χ1n) is 9.99. The van der Waals surface area contributed by atoms with Crippen LogP contribution in [-0.4, -0.2) is 25.8 Å². The predicted molar refractivity (Wildman–Crippen MR) is 121 cm³/mol. The number of hydrogen-bond acceptors (Lipinski definition) is 6. The van der Waals surface area contributed by atoms with Gasteiger partial charge < -0.3 is 14.2 Å². The van der Waals surface area contributed by atoms with Crippen LogP contribution >= 0.6 is 0 Å². The lowest BCUT2D eigenvalue weighted by Gasteiger charge is -2.11. The van der Waals surface area contributed by atoms with Crippen molar-refractivity contribution in [2.45, 2.75) is 13.5 Å². The summed E-state index contributed by atoms with van der Waals surface area (Å²) in [6, 6.07) is 21.5. The molecule has 0 aliphatic carbocycles. The lowest BCUT2D eigenvalue weighted by Crippen LogP contribution is -2.17. The van der Waals surface area contributed by atoms with Crippen LogP contribution in [0.2, 0.25) is 0 Å². The zero-order chi connectivity index (χ0) is 22.8. The van der Waals surface area contributed by atoms with Crippen molar-refractivity contribution in [1.82, 2.24) is 5.43 Å². The number of carbonyl (C=O) groups excluding carboxylic acids is 1. The van der Waals surface area contributed by atoms with Gasteiger partial charge >= 0.3 is 0 Å². The van der Waals surface area contributed by atoms with E-state index < -0.39 is 0 Å². The maximum absolute atomic E-state index is 12.2. The lowest BCUT2D eigenvalue weighted by atomic mass is 10.1. The van der Waals surface area contributed by atoms with Crippen LogP contribution in [0.15, 0.2) is 71.8 Å². The van der Waals surface area contributed by atoms with Gasteiger partial charge in [-0.3, -0.25) is 4.79 Å². The second-order valence-corrected chi connectivity index (χ2v) is 6.67. The number of hydrazone groups is 1. The molecule has 1 N–H and O–H groups in total. The maximum atomic E-state index is 12.2. The highest BCUT2D eigenvalue weighted by Gasteiger charge is 2.07. The van der Waals surface area contributed by atoms with E-state index in [-0.39, 0.29) is 5.91 Å². The van der Waals surface area contributed by atoms with Crippen LogP contribution < -0.4 is 19.6 Å². The number of rotatable bonds is 9. The Balaban J connectivity index is 1.60. The highest BCUT2D eigenvalue weighted by molar-refractivity contribution is 5.95. The third-order valence-corrected chi connectivity index (χ3v) is 4.45. The minimum atomic E-state index is -0.323.